The highest BCUT2D eigenvalue weighted by molar-refractivity contribution is 6.11. The zero-order valence-corrected chi connectivity index (χ0v) is 41.8. The molecular weight excluding hydrogens is 805 g/mol. The van der Waals surface area contributed by atoms with E-state index in [2.05, 4.69) is 251 Å². The molecule has 0 N–H and O–H groups in total. The molecule has 0 bridgehead atoms. The van der Waals surface area contributed by atoms with Crippen molar-refractivity contribution < 1.29 is 4.74 Å². The van der Waals surface area contributed by atoms with Gasteiger partial charge >= 0.3 is 0 Å². The molecule has 0 aliphatic carbocycles. The average molecular weight is 873 g/mol. The Hall–Kier alpha value is -6.33. The summed E-state index contributed by atoms with van der Waals surface area (Å²) in [6, 6.07) is 51.2. The summed E-state index contributed by atoms with van der Waals surface area (Å²) >= 11 is 0. The molecule has 0 amide bonds. The summed E-state index contributed by atoms with van der Waals surface area (Å²) in [5, 5.41) is 2.45. The smallest absolute Gasteiger partial charge is 0.137 e. The summed E-state index contributed by atoms with van der Waals surface area (Å²) in [6.45, 7) is 33.0. The van der Waals surface area contributed by atoms with Crippen LogP contribution in [0.2, 0.25) is 0 Å². The van der Waals surface area contributed by atoms with Gasteiger partial charge in [0.1, 0.15) is 24.0 Å². The molecule has 0 fully saturated rings. The Morgan fingerprint density at radius 2 is 1.02 bits per heavy atom. The van der Waals surface area contributed by atoms with Crippen LogP contribution >= 0.6 is 0 Å². The molecule has 8 aromatic rings. The first-order valence-corrected chi connectivity index (χ1v) is 23.7. The van der Waals surface area contributed by atoms with E-state index in [9.17, 15) is 0 Å². The van der Waals surface area contributed by atoms with Gasteiger partial charge in [0, 0.05) is 45.9 Å². The van der Waals surface area contributed by atoms with Crippen LogP contribution < -0.4 is 14.5 Å². The maximum atomic E-state index is 7.05. The lowest BCUT2D eigenvalue weighted by atomic mass is 9.74. The second-order valence-electron chi connectivity index (χ2n) is 23.1. The van der Waals surface area contributed by atoms with Gasteiger partial charge in [-0.25, -0.2) is 4.98 Å². The SMILES string of the molecule is CC(C)(C)c1ccnc(-n2c3ccccc3c3c(C(C)(C)C)cc(Oc4cccc(N5CN(c6cccc(C(C)(C)c7ccccc7)c6)c6cc(C(C)(C)C)c(C(C)(C)C)cc65)c4)cc32)c1. The van der Waals surface area contributed by atoms with E-state index in [0.29, 0.717) is 6.67 Å². The fraction of sp³-hybridized carbons (Fsp3) is 0.328. The van der Waals surface area contributed by atoms with E-state index in [4.69, 9.17) is 9.72 Å². The largest absolute Gasteiger partial charge is 0.457 e. The predicted molar refractivity (Wildman–Crippen MR) is 280 cm³/mol. The van der Waals surface area contributed by atoms with E-state index in [-0.39, 0.29) is 27.1 Å². The average Bonchev–Trinajstić information content (AvgIpc) is 3.81. The quantitative estimate of drug-likeness (QED) is 0.160. The van der Waals surface area contributed by atoms with Gasteiger partial charge in [-0.15, -0.1) is 0 Å². The number of hydrogen-bond donors (Lipinski definition) is 0. The van der Waals surface area contributed by atoms with Crippen LogP contribution in [0, 0.1) is 0 Å². The van der Waals surface area contributed by atoms with Crippen LogP contribution in [-0.4, -0.2) is 16.2 Å². The Bertz CT molecular complexity index is 3110. The molecule has 5 heteroatoms. The summed E-state index contributed by atoms with van der Waals surface area (Å²) in [5.41, 5.74) is 14.2. The molecule has 0 saturated carbocycles. The molecule has 0 saturated heterocycles. The maximum Gasteiger partial charge on any atom is 0.137 e. The minimum absolute atomic E-state index is 0.0221. The summed E-state index contributed by atoms with van der Waals surface area (Å²) in [5.74, 6) is 2.49. The highest BCUT2D eigenvalue weighted by Gasteiger charge is 2.35. The first-order chi connectivity index (χ1) is 31.0. The van der Waals surface area contributed by atoms with Crippen LogP contribution in [-0.2, 0) is 27.1 Å². The Kier molecular flexibility index (Phi) is 10.8. The van der Waals surface area contributed by atoms with Crippen LogP contribution in [0.5, 0.6) is 11.5 Å². The van der Waals surface area contributed by atoms with Gasteiger partial charge in [-0.1, -0.05) is 164 Å². The lowest BCUT2D eigenvalue weighted by Gasteiger charge is -2.32. The number of fused-ring (bicyclic) bond motifs is 4. The van der Waals surface area contributed by atoms with Gasteiger partial charge in [-0.05, 0) is 116 Å². The lowest BCUT2D eigenvalue weighted by molar-refractivity contribution is 0.480. The van der Waals surface area contributed by atoms with Crippen molar-refractivity contribution in [1.29, 1.82) is 0 Å². The van der Waals surface area contributed by atoms with Crippen LogP contribution in [0.1, 0.15) is 130 Å². The molecule has 66 heavy (non-hydrogen) atoms. The lowest BCUT2D eigenvalue weighted by Crippen LogP contribution is -2.25. The van der Waals surface area contributed by atoms with Gasteiger partial charge in [-0.3, -0.25) is 4.57 Å². The number of pyridine rings is 1. The van der Waals surface area contributed by atoms with Crippen LogP contribution in [0.3, 0.4) is 0 Å². The third kappa shape index (κ3) is 8.16. The van der Waals surface area contributed by atoms with Gasteiger partial charge in [0.05, 0.1) is 22.4 Å². The van der Waals surface area contributed by atoms with Gasteiger partial charge in [0.2, 0.25) is 0 Å². The molecule has 0 spiro atoms. The molecule has 0 radical (unpaired) electrons. The number of anilines is 4. The molecule has 0 atom stereocenters. The summed E-state index contributed by atoms with van der Waals surface area (Å²) < 4.78 is 9.37. The molecule has 2 aromatic heterocycles. The Labute approximate surface area is 394 Å². The van der Waals surface area contributed by atoms with E-state index in [1.54, 1.807) is 0 Å². The monoisotopic (exact) mass is 873 g/mol. The second kappa shape index (κ2) is 15.9. The van der Waals surface area contributed by atoms with E-state index in [1.807, 2.05) is 6.20 Å². The first kappa shape index (κ1) is 44.9. The van der Waals surface area contributed by atoms with E-state index >= 15 is 0 Å². The molecule has 3 heterocycles. The van der Waals surface area contributed by atoms with Crippen LogP contribution in [0.15, 0.2) is 146 Å². The number of para-hydroxylation sites is 1. The highest BCUT2D eigenvalue weighted by atomic mass is 16.5. The second-order valence-corrected chi connectivity index (χ2v) is 23.1. The summed E-state index contributed by atoms with van der Waals surface area (Å²) in [6.07, 6.45) is 1.95. The van der Waals surface area contributed by atoms with Gasteiger partial charge < -0.3 is 14.5 Å². The third-order valence-electron chi connectivity index (χ3n) is 13.7. The van der Waals surface area contributed by atoms with Gasteiger partial charge in [0.25, 0.3) is 0 Å². The van der Waals surface area contributed by atoms with Crippen molar-refractivity contribution in [3.8, 4) is 17.3 Å². The molecule has 6 aromatic carbocycles. The van der Waals surface area contributed by atoms with Gasteiger partial charge in [-0.2, -0.15) is 0 Å². The number of hydrogen-bond acceptors (Lipinski definition) is 4. The molecule has 1 aliphatic rings. The first-order valence-electron chi connectivity index (χ1n) is 23.7. The molecule has 1 aliphatic heterocycles. The Balaban J connectivity index is 1.17. The maximum absolute atomic E-state index is 7.05. The van der Waals surface area contributed by atoms with Gasteiger partial charge in [0.15, 0.2) is 0 Å². The van der Waals surface area contributed by atoms with Crippen molar-refractivity contribution >= 4 is 44.6 Å². The third-order valence-corrected chi connectivity index (χ3v) is 13.7. The van der Waals surface area contributed by atoms with E-state index < -0.39 is 0 Å². The minimum Gasteiger partial charge on any atom is -0.457 e. The Morgan fingerprint density at radius 3 is 1.64 bits per heavy atom. The van der Waals surface area contributed by atoms with Crippen LogP contribution in [0.4, 0.5) is 22.7 Å². The number of nitrogens with zero attached hydrogens (tertiary/aromatic N) is 4. The number of benzene rings is 6. The predicted octanol–water partition coefficient (Wildman–Crippen LogP) is 16.7. The number of aromatic nitrogens is 2. The summed E-state index contributed by atoms with van der Waals surface area (Å²) in [4.78, 5) is 9.95. The molecule has 338 valence electrons. The standard InChI is InChI=1S/C61H68N4O/c1-57(2,3)41-30-31-62-55(33-41)65-51-29-19-18-28-47(51)56-50(60(10,11)12)35-46(36-54(56)65)66-45-27-21-26-44(34-45)64-39-63(52-37-48(58(4,5)6)49(38-53(52)64)59(7,8)9)43-25-20-24-42(32-43)61(13,14)40-22-16-15-17-23-40/h15-38H,39H2,1-14H3. The Morgan fingerprint density at radius 1 is 0.439 bits per heavy atom. The number of ether oxygens (including phenoxy) is 1. The van der Waals surface area contributed by atoms with Crippen molar-refractivity contribution in [3.05, 3.63) is 179 Å². The van der Waals surface area contributed by atoms with Crippen molar-refractivity contribution in [2.75, 3.05) is 16.5 Å². The zero-order chi connectivity index (χ0) is 47.1. The normalized spacial score (nSPS) is 13.8. The molecule has 0 unspecified atom stereocenters. The molecular formula is C61H68N4O. The number of rotatable bonds is 7. The summed E-state index contributed by atoms with van der Waals surface area (Å²) in [7, 11) is 0. The van der Waals surface area contributed by atoms with Crippen molar-refractivity contribution in [2.24, 2.45) is 0 Å². The van der Waals surface area contributed by atoms with E-state index in [1.165, 1.54) is 61.2 Å². The highest BCUT2D eigenvalue weighted by Crippen LogP contribution is 2.51. The molecule has 5 nitrogen and oxygen atoms in total. The molecule has 9 rings (SSSR count). The van der Waals surface area contributed by atoms with Crippen LogP contribution in [0.25, 0.3) is 27.6 Å². The fourth-order valence-electron chi connectivity index (χ4n) is 9.90. The topological polar surface area (TPSA) is 33.5 Å². The van der Waals surface area contributed by atoms with Crippen molar-refractivity contribution in [2.45, 2.75) is 124 Å². The fourth-order valence-corrected chi connectivity index (χ4v) is 9.90. The van der Waals surface area contributed by atoms with Crippen molar-refractivity contribution in [3.63, 3.8) is 0 Å². The minimum atomic E-state index is -0.172. The zero-order valence-electron chi connectivity index (χ0n) is 41.8. The van der Waals surface area contributed by atoms with E-state index in [0.717, 1.165) is 34.0 Å². The van der Waals surface area contributed by atoms with Crippen molar-refractivity contribution in [1.82, 2.24) is 9.55 Å².